The molecule has 0 aliphatic carbocycles. The number of hydrogen-bond acceptors (Lipinski definition) is 0. The predicted molar refractivity (Wildman–Crippen MR) is 33.8 cm³/mol. The summed E-state index contributed by atoms with van der Waals surface area (Å²) in [5.74, 6) is 0. The van der Waals surface area contributed by atoms with Gasteiger partial charge in [0.05, 0.1) is 0 Å². The van der Waals surface area contributed by atoms with Crippen LogP contribution in [0.3, 0.4) is 0 Å². The number of hydrogen-bond donors (Lipinski definition) is 0. The Morgan fingerprint density at radius 2 is 0.308 bits per heavy atom. The van der Waals surface area contributed by atoms with Crippen LogP contribution in [0, 0.1) is 39.9 Å². The van der Waals surface area contributed by atoms with Crippen molar-refractivity contribution in [1.29, 1.82) is 0 Å². The van der Waals surface area contributed by atoms with Gasteiger partial charge in [-0.1, -0.05) is 0 Å². The first-order valence-electron chi connectivity index (χ1n) is 1.41. The largest absolute Gasteiger partial charge is 0 e. The second kappa shape index (κ2) is 1500. The molecule has 0 spiro atoms. The second-order valence-corrected chi connectivity index (χ2v) is 0. The average molecular weight is 358 g/mol. The molecule has 0 rings (SSSR count). The van der Waals surface area contributed by atoms with Crippen molar-refractivity contribution in [2.75, 3.05) is 0 Å². The molecule has 0 aliphatic rings. The molecule has 0 atom stereocenters. The van der Waals surface area contributed by atoms with Crippen LogP contribution in [0.5, 0.6) is 0 Å². The van der Waals surface area contributed by atoms with Crippen molar-refractivity contribution in [3.63, 3.8) is 0 Å². The normalized spacial score (nSPS) is 0.923. The van der Waals surface area contributed by atoms with E-state index in [0.717, 1.165) is 0 Å². The molecule has 66 valence electrons. The third-order valence-corrected chi connectivity index (χ3v) is 0. The summed E-state index contributed by atoms with van der Waals surface area (Å²) in [5.41, 5.74) is 0. The van der Waals surface area contributed by atoms with Gasteiger partial charge in [-0.25, -0.2) is 0 Å². The van der Waals surface area contributed by atoms with Crippen LogP contribution in [0.4, 0.5) is 0 Å². The first-order valence-corrected chi connectivity index (χ1v) is 1.41. The summed E-state index contributed by atoms with van der Waals surface area (Å²) >= 11 is 0. The van der Waals surface area contributed by atoms with Gasteiger partial charge in [-0.15, -0.1) is 0 Å². The summed E-state index contributed by atoms with van der Waals surface area (Å²) in [5, 5.41) is 0. The minimum absolute atomic E-state index is 0. The van der Waals surface area contributed by atoms with Gasteiger partial charge < -0.3 is 0 Å². The van der Waals surface area contributed by atoms with E-state index in [4.69, 9.17) is 27.9 Å². The zero-order valence-electron chi connectivity index (χ0n) is 6.32. The quantitative estimate of drug-likeness (QED) is 0.543. The van der Waals surface area contributed by atoms with Crippen molar-refractivity contribution in [1.82, 2.24) is 0 Å². The monoisotopic (exact) mass is 358 g/mol. The number of rotatable bonds is 0. The average Bonchev–Trinajstić information content (AvgIpc) is 2.33. The molecule has 0 aliphatic heterocycles. The first kappa shape index (κ1) is 57.1. The SMILES string of the molecule is C#[O+].C#[O+].C#[O+].C#[O+].C#[O+].C#[O+].[W]. The van der Waals surface area contributed by atoms with E-state index in [2.05, 4.69) is 39.9 Å². The van der Waals surface area contributed by atoms with Gasteiger partial charge in [0.15, 0.2) is 0 Å². The second-order valence-electron chi connectivity index (χ2n) is 0. The molecule has 0 unspecified atom stereocenters. The van der Waals surface area contributed by atoms with E-state index < -0.39 is 0 Å². The van der Waals surface area contributed by atoms with Gasteiger partial charge in [0.25, 0.3) is 0 Å². The Morgan fingerprint density at radius 1 is 0.308 bits per heavy atom. The molecule has 6 nitrogen and oxygen atoms in total. The Balaban J connectivity index is -0.00000000655. The fourth-order valence-electron chi connectivity index (χ4n) is 0. The van der Waals surface area contributed by atoms with Crippen molar-refractivity contribution in [2.45, 2.75) is 0 Å². The minimum Gasteiger partial charge on any atom is 0 e. The zero-order valence-corrected chi connectivity index (χ0v) is 9.26. The molecule has 0 amide bonds. The van der Waals surface area contributed by atoms with Gasteiger partial charge in [-0.2, -0.15) is 0 Å². The molecule has 0 saturated carbocycles. The Labute approximate surface area is 89.3 Å². The fraction of sp³-hybridized carbons (Fsp3) is 0. The topological polar surface area (TPSA) is 119 Å². The Kier molecular flexibility index (Phi) is 6600. The Hall–Kier alpha value is -0.872. The van der Waals surface area contributed by atoms with Crippen LogP contribution >= 0.6 is 0 Å². The van der Waals surface area contributed by atoms with Crippen LogP contribution in [0.25, 0.3) is 0 Å². The van der Waals surface area contributed by atoms with E-state index in [1.165, 1.54) is 0 Å². The molecule has 13 heavy (non-hydrogen) atoms. The molecule has 7 heteroatoms. The van der Waals surface area contributed by atoms with Crippen LogP contribution < -0.4 is 0 Å². The van der Waals surface area contributed by atoms with Crippen LogP contribution in [0.2, 0.25) is 0 Å². The first-order chi connectivity index (χ1) is 6.00. The summed E-state index contributed by atoms with van der Waals surface area (Å²) < 4.78 is 46.5. The van der Waals surface area contributed by atoms with E-state index in [0.29, 0.717) is 0 Å². The maximum absolute atomic E-state index is 7.75. The fourth-order valence-corrected chi connectivity index (χ4v) is 0. The molecule has 0 aromatic rings. The molecule has 0 aromatic heterocycles. The molecule has 0 aromatic carbocycles. The van der Waals surface area contributed by atoms with Crippen molar-refractivity contribution < 1.29 is 49.0 Å². The van der Waals surface area contributed by atoms with Crippen LogP contribution in [-0.4, -0.2) is 0 Å². The molecule has 0 fully saturated rings. The molecule has 0 saturated heterocycles. The van der Waals surface area contributed by atoms with Crippen molar-refractivity contribution in [2.24, 2.45) is 0 Å². The van der Waals surface area contributed by atoms with Gasteiger partial charge in [0.1, 0.15) is 0 Å². The van der Waals surface area contributed by atoms with E-state index in [-0.39, 0.29) is 21.1 Å². The van der Waals surface area contributed by atoms with Crippen molar-refractivity contribution in [3.8, 4) is 39.9 Å². The van der Waals surface area contributed by atoms with E-state index in [1.54, 1.807) is 0 Å². The van der Waals surface area contributed by atoms with Gasteiger partial charge >= 0.3 is 67.8 Å². The summed E-state index contributed by atoms with van der Waals surface area (Å²) in [6.45, 7) is 19.5. The van der Waals surface area contributed by atoms with Crippen LogP contribution in [0.15, 0.2) is 0 Å². The third-order valence-electron chi connectivity index (χ3n) is 0. The van der Waals surface area contributed by atoms with Gasteiger partial charge in [0.2, 0.25) is 0 Å². The van der Waals surface area contributed by atoms with Crippen LogP contribution in [0.1, 0.15) is 0 Å². The summed E-state index contributed by atoms with van der Waals surface area (Å²) in [7, 11) is 0. The molecule has 0 N–H and O–H groups in total. The van der Waals surface area contributed by atoms with Crippen molar-refractivity contribution in [3.05, 3.63) is 0 Å². The van der Waals surface area contributed by atoms with E-state index >= 15 is 0 Å². The third kappa shape index (κ3) is 1220. The van der Waals surface area contributed by atoms with Crippen molar-refractivity contribution >= 4 is 0 Å². The maximum atomic E-state index is 7.75. The van der Waals surface area contributed by atoms with Gasteiger partial charge in [-0.3, -0.25) is 0 Å². The molecular weight excluding hydrogens is 352 g/mol. The molecular formula is C6H6O6W+6. The molecule has 0 bridgehead atoms. The van der Waals surface area contributed by atoms with Gasteiger partial charge in [-0.05, 0) is 0 Å². The molecule has 0 heterocycles. The maximum Gasteiger partial charge on any atom is 0 e. The summed E-state index contributed by atoms with van der Waals surface area (Å²) in [6.07, 6.45) is 0. The summed E-state index contributed by atoms with van der Waals surface area (Å²) in [6, 6.07) is 0. The summed E-state index contributed by atoms with van der Waals surface area (Å²) in [4.78, 5) is 0. The Bertz CT molecular complexity index is 92.1. The Morgan fingerprint density at radius 3 is 0.308 bits per heavy atom. The smallest absolute Gasteiger partial charge is 0 e. The molecule has 0 radical (unpaired) electrons. The van der Waals surface area contributed by atoms with E-state index in [1.807, 2.05) is 0 Å². The zero-order chi connectivity index (χ0) is 12.0. The van der Waals surface area contributed by atoms with Crippen LogP contribution in [-0.2, 0) is 49.0 Å². The predicted octanol–water partition coefficient (Wildman–Crippen LogP) is 0.0329. The standard InChI is InChI=1S/6CHO.W/c6*1-2;/h6*1H;/q6*+1;. The van der Waals surface area contributed by atoms with E-state index in [9.17, 15) is 0 Å². The minimum atomic E-state index is 0. The van der Waals surface area contributed by atoms with Gasteiger partial charge in [0, 0.05) is 21.1 Å².